The first-order valence-corrected chi connectivity index (χ1v) is 6.47. The van der Waals surface area contributed by atoms with Crippen molar-refractivity contribution in [2.45, 2.75) is 66.8 Å². The predicted molar refractivity (Wildman–Crippen MR) is 70.8 cm³/mol. The maximum atomic E-state index is 11.7. The van der Waals surface area contributed by atoms with E-state index in [1.165, 1.54) is 0 Å². The molecule has 0 spiro atoms. The van der Waals surface area contributed by atoms with E-state index in [1.807, 2.05) is 6.92 Å². The molecule has 0 saturated carbocycles. The van der Waals surface area contributed by atoms with Crippen LogP contribution in [-0.4, -0.2) is 17.7 Å². The van der Waals surface area contributed by atoms with Gasteiger partial charge in [-0.2, -0.15) is 0 Å². The van der Waals surface area contributed by atoms with Crippen LogP contribution in [0.2, 0.25) is 0 Å². The lowest BCUT2D eigenvalue weighted by Gasteiger charge is -2.23. The molecule has 0 rings (SSSR count). The van der Waals surface area contributed by atoms with E-state index < -0.39 is 0 Å². The summed E-state index contributed by atoms with van der Waals surface area (Å²) in [6, 6.07) is -0.352. The summed E-state index contributed by atoms with van der Waals surface area (Å²) in [4.78, 5) is 23.1. The van der Waals surface area contributed by atoms with Crippen LogP contribution in [0, 0.1) is 11.3 Å². The van der Waals surface area contributed by atoms with E-state index >= 15 is 0 Å². The summed E-state index contributed by atoms with van der Waals surface area (Å²) in [6.07, 6.45) is 1.98. The van der Waals surface area contributed by atoms with Gasteiger partial charge in [-0.3, -0.25) is 9.59 Å². The molecular formula is C14H27NO2. The molecule has 0 aliphatic carbocycles. The number of nitrogens with one attached hydrogen (secondary N) is 1. The Morgan fingerprint density at radius 3 is 2.12 bits per heavy atom. The fourth-order valence-corrected chi connectivity index (χ4v) is 2.12. The number of hydrogen-bond donors (Lipinski definition) is 1. The summed E-state index contributed by atoms with van der Waals surface area (Å²) in [5.74, 6) is 0.414. The topological polar surface area (TPSA) is 46.2 Å². The summed E-state index contributed by atoms with van der Waals surface area (Å²) in [7, 11) is 0. The van der Waals surface area contributed by atoms with Crippen molar-refractivity contribution in [3.05, 3.63) is 0 Å². The molecule has 1 N–H and O–H groups in total. The number of Topliss-reactive ketones (excluding diaryl/α,β-unsaturated/α-hetero) is 1. The highest BCUT2D eigenvalue weighted by Gasteiger charge is 2.19. The monoisotopic (exact) mass is 241 g/mol. The minimum Gasteiger partial charge on any atom is -0.347 e. The van der Waals surface area contributed by atoms with Gasteiger partial charge in [-0.25, -0.2) is 0 Å². The van der Waals surface area contributed by atoms with Crippen molar-refractivity contribution in [1.82, 2.24) is 5.32 Å². The van der Waals surface area contributed by atoms with Crippen LogP contribution in [0.5, 0.6) is 0 Å². The van der Waals surface area contributed by atoms with Gasteiger partial charge in [0.05, 0.1) is 6.04 Å². The van der Waals surface area contributed by atoms with Gasteiger partial charge in [-0.1, -0.05) is 34.6 Å². The Morgan fingerprint density at radius 1 is 1.18 bits per heavy atom. The van der Waals surface area contributed by atoms with Gasteiger partial charge in [0.2, 0.25) is 5.91 Å². The molecule has 0 aliphatic rings. The zero-order valence-electron chi connectivity index (χ0n) is 12.1. The van der Waals surface area contributed by atoms with E-state index in [0.717, 1.165) is 6.42 Å². The molecule has 3 heteroatoms. The molecule has 0 heterocycles. The van der Waals surface area contributed by atoms with Crippen molar-refractivity contribution in [3.63, 3.8) is 0 Å². The fourth-order valence-electron chi connectivity index (χ4n) is 2.12. The quantitative estimate of drug-likeness (QED) is 0.777. The van der Waals surface area contributed by atoms with Crippen LogP contribution in [0.15, 0.2) is 0 Å². The third-order valence-electron chi connectivity index (χ3n) is 2.70. The number of hydrogen-bond acceptors (Lipinski definition) is 2. The largest absolute Gasteiger partial charge is 0.347 e. The molecule has 1 amide bonds. The summed E-state index contributed by atoms with van der Waals surface area (Å²) < 4.78 is 0. The third kappa shape index (κ3) is 7.94. The molecule has 0 fully saturated rings. The van der Waals surface area contributed by atoms with Gasteiger partial charge < -0.3 is 5.32 Å². The summed E-state index contributed by atoms with van der Waals surface area (Å²) in [6.45, 7) is 12.2. The van der Waals surface area contributed by atoms with Crippen LogP contribution in [0.3, 0.4) is 0 Å². The molecule has 0 aromatic carbocycles. The molecule has 0 aromatic heterocycles. The molecule has 17 heavy (non-hydrogen) atoms. The SMILES string of the molecule is CCC(=O)C(C)NC(=O)CC(C)CC(C)(C)C. The highest BCUT2D eigenvalue weighted by molar-refractivity contribution is 5.88. The zero-order chi connectivity index (χ0) is 13.6. The van der Waals surface area contributed by atoms with Crippen LogP contribution in [0.4, 0.5) is 0 Å². The van der Waals surface area contributed by atoms with E-state index in [2.05, 4.69) is 33.0 Å². The number of amides is 1. The Balaban J connectivity index is 4.06. The van der Waals surface area contributed by atoms with E-state index in [-0.39, 0.29) is 23.1 Å². The number of rotatable bonds is 6. The van der Waals surface area contributed by atoms with Crippen molar-refractivity contribution < 1.29 is 9.59 Å². The molecular weight excluding hydrogens is 214 g/mol. The molecule has 0 aromatic rings. The minimum absolute atomic E-state index is 0.0175. The highest BCUT2D eigenvalue weighted by Crippen LogP contribution is 2.25. The number of carbonyl (C=O) groups is 2. The van der Waals surface area contributed by atoms with Gasteiger partial charge in [0.15, 0.2) is 5.78 Å². The molecule has 3 nitrogen and oxygen atoms in total. The molecule has 2 unspecified atom stereocenters. The van der Waals surface area contributed by atoms with Gasteiger partial charge in [0.1, 0.15) is 0 Å². The van der Waals surface area contributed by atoms with Crippen LogP contribution < -0.4 is 5.32 Å². The summed E-state index contributed by atoms with van der Waals surface area (Å²) in [5, 5.41) is 2.76. The first kappa shape index (κ1) is 16.1. The van der Waals surface area contributed by atoms with Gasteiger partial charge in [0.25, 0.3) is 0 Å². The maximum absolute atomic E-state index is 11.7. The Kier molecular flexibility index (Phi) is 6.43. The van der Waals surface area contributed by atoms with Gasteiger partial charge in [0, 0.05) is 12.8 Å². The van der Waals surface area contributed by atoms with Crippen LogP contribution in [0.1, 0.15) is 60.8 Å². The standard InChI is InChI=1S/C14H27NO2/c1-7-12(16)11(3)15-13(17)8-10(2)9-14(4,5)6/h10-11H,7-9H2,1-6H3,(H,15,17). The van der Waals surface area contributed by atoms with E-state index in [1.54, 1.807) is 6.92 Å². The van der Waals surface area contributed by atoms with Crippen LogP contribution in [-0.2, 0) is 9.59 Å². The van der Waals surface area contributed by atoms with Crippen molar-refractivity contribution in [1.29, 1.82) is 0 Å². The third-order valence-corrected chi connectivity index (χ3v) is 2.70. The highest BCUT2D eigenvalue weighted by atomic mass is 16.2. The van der Waals surface area contributed by atoms with Crippen molar-refractivity contribution in [2.75, 3.05) is 0 Å². The van der Waals surface area contributed by atoms with Gasteiger partial charge in [-0.05, 0) is 24.7 Å². The molecule has 100 valence electrons. The zero-order valence-corrected chi connectivity index (χ0v) is 12.1. The average molecular weight is 241 g/mol. The van der Waals surface area contributed by atoms with Gasteiger partial charge >= 0.3 is 0 Å². The van der Waals surface area contributed by atoms with Crippen LogP contribution >= 0.6 is 0 Å². The molecule has 0 radical (unpaired) electrons. The van der Waals surface area contributed by atoms with Crippen molar-refractivity contribution >= 4 is 11.7 Å². The lowest BCUT2D eigenvalue weighted by molar-refractivity contribution is -0.127. The maximum Gasteiger partial charge on any atom is 0.220 e. The first-order chi connectivity index (χ1) is 7.65. The predicted octanol–water partition coefficient (Wildman–Crippen LogP) is 2.93. The molecule has 0 saturated heterocycles. The van der Waals surface area contributed by atoms with Crippen molar-refractivity contribution in [2.24, 2.45) is 11.3 Å². The van der Waals surface area contributed by atoms with Crippen molar-refractivity contribution in [3.8, 4) is 0 Å². The molecule has 2 atom stereocenters. The normalized spacial score (nSPS) is 15.2. The van der Waals surface area contributed by atoms with Gasteiger partial charge in [-0.15, -0.1) is 0 Å². The minimum atomic E-state index is -0.352. The number of carbonyl (C=O) groups excluding carboxylic acids is 2. The van der Waals surface area contributed by atoms with E-state index in [0.29, 0.717) is 18.8 Å². The number of ketones is 1. The Morgan fingerprint density at radius 2 is 1.71 bits per heavy atom. The first-order valence-electron chi connectivity index (χ1n) is 6.47. The Labute approximate surface area is 105 Å². The second kappa shape index (κ2) is 6.77. The van der Waals surface area contributed by atoms with E-state index in [4.69, 9.17) is 0 Å². The lowest BCUT2D eigenvalue weighted by atomic mass is 9.84. The smallest absolute Gasteiger partial charge is 0.220 e. The molecule has 0 aliphatic heterocycles. The molecule has 0 bridgehead atoms. The lowest BCUT2D eigenvalue weighted by Crippen LogP contribution is -2.38. The fraction of sp³-hybridized carbons (Fsp3) is 0.857. The van der Waals surface area contributed by atoms with E-state index in [9.17, 15) is 9.59 Å². The Hall–Kier alpha value is -0.860. The second-order valence-corrected chi connectivity index (χ2v) is 6.18. The summed E-state index contributed by atoms with van der Waals surface area (Å²) >= 11 is 0. The van der Waals surface area contributed by atoms with Crippen LogP contribution in [0.25, 0.3) is 0 Å². The average Bonchev–Trinajstić information content (AvgIpc) is 2.12. The summed E-state index contributed by atoms with van der Waals surface area (Å²) in [5.41, 5.74) is 0.241. The Bertz CT molecular complexity index is 266. The second-order valence-electron chi connectivity index (χ2n) is 6.18.